The monoisotopic (exact) mass is 254 g/mol. The third kappa shape index (κ3) is 4.01. The van der Waals surface area contributed by atoms with Gasteiger partial charge >= 0.3 is 12.4 Å². The highest BCUT2D eigenvalue weighted by Crippen LogP contribution is 2.13. The molecule has 0 aromatic heterocycles. The van der Waals surface area contributed by atoms with Gasteiger partial charge in [0, 0.05) is 12.1 Å². The van der Waals surface area contributed by atoms with E-state index in [1.54, 1.807) is 0 Å². The summed E-state index contributed by atoms with van der Waals surface area (Å²) in [6.07, 6.45) is 3.62. The fourth-order valence-corrected chi connectivity index (χ4v) is 1.84. The minimum Gasteiger partial charge on any atom is -0.336 e. The van der Waals surface area contributed by atoms with Gasteiger partial charge in [0.25, 0.3) is 5.91 Å². The molecule has 6 heteroatoms. The number of rotatable bonds is 2. The van der Waals surface area contributed by atoms with Crippen LogP contribution in [0, 0.1) is 0 Å². The van der Waals surface area contributed by atoms with Crippen LogP contribution in [0.4, 0.5) is 4.79 Å². The largest absolute Gasteiger partial charge is 0.336 e. The summed E-state index contributed by atoms with van der Waals surface area (Å²) in [5.74, 6) is -0.363. The predicted octanol–water partition coefficient (Wildman–Crippen LogP) is 0.532. The second-order valence-corrected chi connectivity index (χ2v) is 5.46. The molecular weight excluding hydrogens is 234 g/mol. The zero-order valence-corrected chi connectivity index (χ0v) is 11.1. The SMILES string of the molecule is CC(C)(C)NC(=O)N1CCCC[C@H](N[C]=O)C1=O. The van der Waals surface area contributed by atoms with E-state index in [1.165, 1.54) is 11.3 Å². The summed E-state index contributed by atoms with van der Waals surface area (Å²) in [7, 11) is 0. The van der Waals surface area contributed by atoms with Gasteiger partial charge < -0.3 is 10.6 Å². The molecule has 2 N–H and O–H groups in total. The molecule has 18 heavy (non-hydrogen) atoms. The number of nitrogens with one attached hydrogen (secondary N) is 2. The molecule has 0 bridgehead atoms. The fraction of sp³-hybridized carbons (Fsp3) is 0.750. The van der Waals surface area contributed by atoms with Gasteiger partial charge in [-0.3, -0.25) is 14.5 Å². The van der Waals surface area contributed by atoms with Crippen molar-refractivity contribution >= 4 is 18.3 Å². The van der Waals surface area contributed by atoms with E-state index >= 15 is 0 Å². The van der Waals surface area contributed by atoms with Crippen LogP contribution >= 0.6 is 0 Å². The first kappa shape index (κ1) is 14.5. The molecule has 0 spiro atoms. The van der Waals surface area contributed by atoms with Gasteiger partial charge in [0.2, 0.25) is 0 Å². The maximum Gasteiger partial charge on any atom is 0.324 e. The quantitative estimate of drug-likeness (QED) is 0.706. The summed E-state index contributed by atoms with van der Waals surface area (Å²) >= 11 is 0. The van der Waals surface area contributed by atoms with Gasteiger partial charge in [0.05, 0.1) is 0 Å². The van der Waals surface area contributed by atoms with E-state index in [4.69, 9.17) is 0 Å². The van der Waals surface area contributed by atoms with Gasteiger partial charge in [0.1, 0.15) is 6.04 Å². The summed E-state index contributed by atoms with van der Waals surface area (Å²) in [5, 5.41) is 5.09. The molecule has 0 unspecified atom stereocenters. The average molecular weight is 254 g/mol. The van der Waals surface area contributed by atoms with Crippen LogP contribution in [0.5, 0.6) is 0 Å². The average Bonchev–Trinajstić information content (AvgIpc) is 2.40. The van der Waals surface area contributed by atoms with Crippen molar-refractivity contribution in [1.29, 1.82) is 0 Å². The molecule has 1 heterocycles. The molecule has 0 aliphatic carbocycles. The number of urea groups is 1. The molecule has 1 saturated heterocycles. The van der Waals surface area contributed by atoms with Crippen LogP contribution in [0.25, 0.3) is 0 Å². The maximum atomic E-state index is 12.1. The molecule has 0 aromatic rings. The number of imide groups is 1. The number of hydrogen-bond acceptors (Lipinski definition) is 3. The third-order valence-electron chi connectivity index (χ3n) is 2.65. The molecule has 6 nitrogen and oxygen atoms in total. The number of amides is 4. The molecule has 1 radical (unpaired) electrons. The van der Waals surface area contributed by atoms with Gasteiger partial charge in [-0.25, -0.2) is 4.79 Å². The normalized spacial score (nSPS) is 21.2. The van der Waals surface area contributed by atoms with Crippen molar-refractivity contribution in [3.05, 3.63) is 0 Å². The van der Waals surface area contributed by atoms with Crippen molar-refractivity contribution in [2.24, 2.45) is 0 Å². The molecular formula is C12H20N3O3. The van der Waals surface area contributed by atoms with Crippen molar-refractivity contribution in [3.8, 4) is 0 Å². The second-order valence-electron chi connectivity index (χ2n) is 5.46. The van der Waals surface area contributed by atoms with Gasteiger partial charge in [-0.15, -0.1) is 0 Å². The Morgan fingerprint density at radius 1 is 1.39 bits per heavy atom. The van der Waals surface area contributed by atoms with Crippen LogP contribution in [0.3, 0.4) is 0 Å². The van der Waals surface area contributed by atoms with E-state index in [0.29, 0.717) is 13.0 Å². The third-order valence-corrected chi connectivity index (χ3v) is 2.65. The Morgan fingerprint density at radius 2 is 2.06 bits per heavy atom. The topological polar surface area (TPSA) is 78.5 Å². The van der Waals surface area contributed by atoms with Crippen molar-refractivity contribution in [3.63, 3.8) is 0 Å². The molecule has 1 fully saturated rings. The van der Waals surface area contributed by atoms with E-state index in [1.807, 2.05) is 20.8 Å². The van der Waals surface area contributed by atoms with Crippen LogP contribution in [0.15, 0.2) is 0 Å². The molecule has 0 aromatic carbocycles. The van der Waals surface area contributed by atoms with Crippen LogP contribution in [-0.4, -0.2) is 41.4 Å². The lowest BCUT2D eigenvalue weighted by molar-refractivity contribution is -0.129. The van der Waals surface area contributed by atoms with E-state index < -0.39 is 17.6 Å². The molecule has 1 aliphatic heterocycles. The Morgan fingerprint density at radius 3 is 2.61 bits per heavy atom. The zero-order chi connectivity index (χ0) is 13.8. The first-order valence-electron chi connectivity index (χ1n) is 6.11. The molecule has 101 valence electrons. The van der Waals surface area contributed by atoms with Gasteiger partial charge in [-0.2, -0.15) is 0 Å². The molecule has 0 saturated carbocycles. The van der Waals surface area contributed by atoms with Crippen LogP contribution in [0.1, 0.15) is 40.0 Å². The minimum atomic E-state index is -0.643. The maximum absolute atomic E-state index is 12.1. The van der Waals surface area contributed by atoms with Gasteiger partial charge in [0.15, 0.2) is 0 Å². The van der Waals surface area contributed by atoms with Gasteiger partial charge in [-0.1, -0.05) is 0 Å². The number of likely N-dealkylation sites (tertiary alicyclic amines) is 1. The predicted molar refractivity (Wildman–Crippen MR) is 66.5 cm³/mol. The van der Waals surface area contributed by atoms with Gasteiger partial charge in [-0.05, 0) is 40.0 Å². The highest BCUT2D eigenvalue weighted by atomic mass is 16.2. The molecule has 4 amide bonds. The summed E-state index contributed by atoms with van der Waals surface area (Å²) in [5.41, 5.74) is -0.399. The Labute approximate surface area is 107 Å². The van der Waals surface area contributed by atoms with Crippen LogP contribution < -0.4 is 10.6 Å². The first-order valence-corrected chi connectivity index (χ1v) is 6.11. The standard InChI is InChI=1S/C12H20N3O3/c1-12(2,3)14-11(18)15-7-5-4-6-9(10(15)17)13-8-16/h9H,4-7H2,1-3H3,(H,13,16)(H,14,18)/t9-/m0/s1. The number of nitrogens with zero attached hydrogens (tertiary/aromatic N) is 1. The van der Waals surface area contributed by atoms with E-state index in [0.717, 1.165) is 12.8 Å². The lowest BCUT2D eigenvalue weighted by Crippen LogP contribution is -2.54. The smallest absolute Gasteiger partial charge is 0.324 e. The first-order chi connectivity index (χ1) is 8.35. The Balaban J connectivity index is 2.75. The van der Waals surface area contributed by atoms with Crippen molar-refractivity contribution < 1.29 is 14.4 Å². The van der Waals surface area contributed by atoms with Crippen molar-refractivity contribution in [2.75, 3.05) is 6.54 Å². The fourth-order valence-electron chi connectivity index (χ4n) is 1.84. The highest BCUT2D eigenvalue weighted by molar-refractivity contribution is 5.98. The number of carbonyl (C=O) groups excluding carboxylic acids is 3. The Bertz CT molecular complexity index is 336. The van der Waals surface area contributed by atoms with E-state index in [9.17, 15) is 14.4 Å². The lowest BCUT2D eigenvalue weighted by Gasteiger charge is -2.27. The number of carbonyl (C=O) groups is 2. The molecule has 1 rings (SSSR count). The Kier molecular flexibility index (Phi) is 4.69. The number of hydrogen-bond donors (Lipinski definition) is 2. The van der Waals surface area contributed by atoms with Crippen LogP contribution in [-0.2, 0) is 9.59 Å². The van der Waals surface area contributed by atoms with Crippen molar-refractivity contribution in [2.45, 2.75) is 51.6 Å². The molecule has 1 aliphatic rings. The van der Waals surface area contributed by atoms with Crippen molar-refractivity contribution in [1.82, 2.24) is 15.5 Å². The zero-order valence-electron chi connectivity index (χ0n) is 11.1. The van der Waals surface area contributed by atoms with E-state index in [-0.39, 0.29) is 5.91 Å². The summed E-state index contributed by atoms with van der Waals surface area (Å²) < 4.78 is 0. The summed E-state index contributed by atoms with van der Waals surface area (Å²) in [4.78, 5) is 35.6. The Hall–Kier alpha value is -1.59. The van der Waals surface area contributed by atoms with E-state index in [2.05, 4.69) is 10.6 Å². The second kappa shape index (κ2) is 5.84. The minimum absolute atomic E-state index is 0.363. The molecule has 1 atom stereocenters. The van der Waals surface area contributed by atoms with Crippen LogP contribution in [0.2, 0.25) is 0 Å². The summed E-state index contributed by atoms with van der Waals surface area (Å²) in [6.45, 7) is 5.93. The lowest BCUT2D eigenvalue weighted by atomic mass is 10.1. The highest BCUT2D eigenvalue weighted by Gasteiger charge is 2.32. The summed E-state index contributed by atoms with van der Waals surface area (Å²) in [6, 6.07) is -1.05.